The van der Waals surface area contributed by atoms with Crippen LogP contribution in [0.1, 0.15) is 40.2 Å². The molecule has 0 heterocycles. The van der Waals surface area contributed by atoms with Crippen LogP contribution in [0.2, 0.25) is 0 Å². The van der Waals surface area contributed by atoms with E-state index in [4.69, 9.17) is 4.74 Å². The van der Waals surface area contributed by atoms with Crippen molar-refractivity contribution in [2.24, 2.45) is 0 Å². The van der Waals surface area contributed by atoms with Crippen LogP contribution >= 0.6 is 0 Å². The van der Waals surface area contributed by atoms with Crippen molar-refractivity contribution >= 4 is 0 Å². The molecule has 0 saturated carbocycles. The monoisotopic (exact) mass is 218 g/mol. The molecule has 1 rings (SSSR count). The number of hydrogen-bond acceptors (Lipinski definition) is 1. The quantitative estimate of drug-likeness (QED) is 0.686. The Hall–Kier alpha value is -1.24. The topological polar surface area (TPSA) is 9.23 Å². The summed E-state index contributed by atoms with van der Waals surface area (Å²) < 4.78 is 5.80. The standard InChI is InChI=1S/C15H22O/c1-12(2)10-11-16-14-9-7-6-8-13(14)15(3,4)5/h6-10H,11H2,1-5H3. The molecule has 0 bridgehead atoms. The Morgan fingerprint density at radius 1 is 1.19 bits per heavy atom. The summed E-state index contributed by atoms with van der Waals surface area (Å²) in [6.07, 6.45) is 2.10. The molecule has 0 atom stereocenters. The summed E-state index contributed by atoms with van der Waals surface area (Å²) in [5.74, 6) is 0.993. The molecule has 1 aromatic carbocycles. The van der Waals surface area contributed by atoms with Gasteiger partial charge in [-0.3, -0.25) is 0 Å². The van der Waals surface area contributed by atoms with Crippen LogP contribution in [-0.2, 0) is 5.41 Å². The van der Waals surface area contributed by atoms with E-state index < -0.39 is 0 Å². The minimum absolute atomic E-state index is 0.127. The van der Waals surface area contributed by atoms with Crippen LogP contribution in [0.25, 0.3) is 0 Å². The predicted molar refractivity (Wildman–Crippen MR) is 70.1 cm³/mol. The Kier molecular flexibility index (Phi) is 4.17. The van der Waals surface area contributed by atoms with E-state index in [1.54, 1.807) is 0 Å². The molecule has 1 nitrogen and oxygen atoms in total. The lowest BCUT2D eigenvalue weighted by Crippen LogP contribution is -2.13. The van der Waals surface area contributed by atoms with Crippen molar-refractivity contribution < 1.29 is 4.74 Å². The first-order chi connectivity index (χ1) is 7.41. The minimum Gasteiger partial charge on any atom is -0.489 e. The number of ether oxygens (including phenoxy) is 1. The molecule has 0 N–H and O–H groups in total. The molecule has 16 heavy (non-hydrogen) atoms. The molecular formula is C15H22O. The maximum atomic E-state index is 5.80. The fourth-order valence-electron chi connectivity index (χ4n) is 1.51. The molecule has 0 amide bonds. The van der Waals surface area contributed by atoms with Gasteiger partial charge in [0.25, 0.3) is 0 Å². The van der Waals surface area contributed by atoms with E-state index in [0.29, 0.717) is 6.61 Å². The van der Waals surface area contributed by atoms with Gasteiger partial charge in [0.05, 0.1) is 0 Å². The highest BCUT2D eigenvalue weighted by Crippen LogP contribution is 2.30. The van der Waals surface area contributed by atoms with Gasteiger partial charge in [-0.05, 0) is 37.0 Å². The lowest BCUT2D eigenvalue weighted by molar-refractivity contribution is 0.350. The highest BCUT2D eigenvalue weighted by Gasteiger charge is 2.17. The van der Waals surface area contributed by atoms with E-state index in [0.717, 1.165) is 5.75 Å². The molecule has 88 valence electrons. The lowest BCUT2D eigenvalue weighted by atomic mass is 9.86. The first kappa shape index (κ1) is 12.8. The minimum atomic E-state index is 0.127. The predicted octanol–water partition coefficient (Wildman–Crippen LogP) is 4.33. The van der Waals surface area contributed by atoms with Gasteiger partial charge in [0.15, 0.2) is 0 Å². The average Bonchev–Trinajstić information content (AvgIpc) is 2.16. The van der Waals surface area contributed by atoms with Crippen molar-refractivity contribution in [2.45, 2.75) is 40.0 Å². The van der Waals surface area contributed by atoms with Crippen LogP contribution in [0.4, 0.5) is 0 Å². The van der Waals surface area contributed by atoms with E-state index in [-0.39, 0.29) is 5.41 Å². The molecule has 0 aliphatic heterocycles. The van der Waals surface area contributed by atoms with Crippen LogP contribution in [0.15, 0.2) is 35.9 Å². The van der Waals surface area contributed by atoms with Crippen LogP contribution in [-0.4, -0.2) is 6.61 Å². The molecule has 0 spiro atoms. The maximum Gasteiger partial charge on any atom is 0.123 e. The van der Waals surface area contributed by atoms with Crippen molar-refractivity contribution in [1.29, 1.82) is 0 Å². The maximum absolute atomic E-state index is 5.80. The third-order valence-electron chi connectivity index (χ3n) is 2.43. The van der Waals surface area contributed by atoms with Crippen molar-refractivity contribution in [3.8, 4) is 5.75 Å². The molecule has 0 radical (unpaired) electrons. The average molecular weight is 218 g/mol. The van der Waals surface area contributed by atoms with E-state index >= 15 is 0 Å². The van der Waals surface area contributed by atoms with E-state index in [9.17, 15) is 0 Å². The number of benzene rings is 1. The van der Waals surface area contributed by atoms with Gasteiger partial charge in [0.2, 0.25) is 0 Å². The van der Waals surface area contributed by atoms with Gasteiger partial charge in [-0.25, -0.2) is 0 Å². The number of para-hydroxylation sites is 1. The Morgan fingerprint density at radius 2 is 1.81 bits per heavy atom. The Bertz CT molecular complexity index is 365. The molecule has 0 unspecified atom stereocenters. The number of rotatable bonds is 3. The normalized spacial score (nSPS) is 11.1. The zero-order valence-electron chi connectivity index (χ0n) is 11.0. The smallest absolute Gasteiger partial charge is 0.123 e. The SMILES string of the molecule is CC(C)=CCOc1ccccc1C(C)(C)C. The highest BCUT2D eigenvalue weighted by molar-refractivity contribution is 5.38. The van der Waals surface area contributed by atoms with Gasteiger partial charge in [-0.15, -0.1) is 0 Å². The summed E-state index contributed by atoms with van der Waals surface area (Å²) in [6.45, 7) is 11.4. The van der Waals surface area contributed by atoms with Crippen LogP contribution in [0, 0.1) is 0 Å². The second-order valence-corrected chi connectivity index (χ2v) is 5.34. The molecular weight excluding hydrogens is 196 g/mol. The molecule has 0 saturated heterocycles. The van der Waals surface area contributed by atoms with Crippen molar-refractivity contribution in [1.82, 2.24) is 0 Å². The van der Waals surface area contributed by atoms with E-state index in [1.807, 2.05) is 12.1 Å². The van der Waals surface area contributed by atoms with Crippen molar-refractivity contribution in [2.75, 3.05) is 6.61 Å². The van der Waals surface area contributed by atoms with Crippen LogP contribution in [0.3, 0.4) is 0 Å². The molecule has 0 aliphatic rings. The van der Waals surface area contributed by atoms with Crippen LogP contribution < -0.4 is 4.74 Å². The van der Waals surface area contributed by atoms with Gasteiger partial charge >= 0.3 is 0 Å². The Labute approximate surface area is 99.1 Å². The molecule has 0 aromatic heterocycles. The number of hydrogen-bond donors (Lipinski definition) is 0. The van der Waals surface area contributed by atoms with Gasteiger partial charge < -0.3 is 4.74 Å². The largest absolute Gasteiger partial charge is 0.489 e. The van der Waals surface area contributed by atoms with E-state index in [2.05, 4.69) is 52.8 Å². The first-order valence-electron chi connectivity index (χ1n) is 5.77. The second-order valence-electron chi connectivity index (χ2n) is 5.34. The summed E-state index contributed by atoms with van der Waals surface area (Å²) in [5, 5.41) is 0. The summed E-state index contributed by atoms with van der Waals surface area (Å²) >= 11 is 0. The van der Waals surface area contributed by atoms with Gasteiger partial charge in [0, 0.05) is 0 Å². The molecule has 0 fully saturated rings. The summed E-state index contributed by atoms with van der Waals surface area (Å²) in [5.41, 5.74) is 2.67. The Morgan fingerprint density at radius 3 is 2.38 bits per heavy atom. The van der Waals surface area contributed by atoms with Crippen molar-refractivity contribution in [3.63, 3.8) is 0 Å². The summed E-state index contributed by atoms with van der Waals surface area (Å²) in [7, 11) is 0. The lowest BCUT2D eigenvalue weighted by Gasteiger charge is -2.22. The molecule has 1 aromatic rings. The third-order valence-corrected chi connectivity index (χ3v) is 2.43. The third kappa shape index (κ3) is 3.73. The molecule has 0 aliphatic carbocycles. The van der Waals surface area contributed by atoms with Gasteiger partial charge in [-0.2, -0.15) is 0 Å². The fraction of sp³-hybridized carbons (Fsp3) is 0.467. The Balaban J connectivity index is 2.84. The second kappa shape index (κ2) is 5.20. The highest BCUT2D eigenvalue weighted by atomic mass is 16.5. The summed E-state index contributed by atoms with van der Waals surface area (Å²) in [4.78, 5) is 0. The summed E-state index contributed by atoms with van der Waals surface area (Å²) in [6, 6.07) is 8.26. The van der Waals surface area contributed by atoms with Crippen molar-refractivity contribution in [3.05, 3.63) is 41.5 Å². The van der Waals surface area contributed by atoms with Gasteiger partial charge in [0.1, 0.15) is 12.4 Å². The fourth-order valence-corrected chi connectivity index (χ4v) is 1.51. The zero-order chi connectivity index (χ0) is 12.2. The molecule has 1 heteroatoms. The van der Waals surface area contributed by atoms with Gasteiger partial charge in [-0.1, -0.05) is 44.5 Å². The number of allylic oxidation sites excluding steroid dienone is 1. The first-order valence-corrected chi connectivity index (χ1v) is 5.77. The van der Waals surface area contributed by atoms with E-state index in [1.165, 1.54) is 11.1 Å². The van der Waals surface area contributed by atoms with Crippen LogP contribution in [0.5, 0.6) is 5.75 Å². The zero-order valence-corrected chi connectivity index (χ0v) is 11.0.